The number of nitrogens with zero attached hydrogens (tertiary/aromatic N) is 2. The van der Waals surface area contributed by atoms with Gasteiger partial charge in [0.2, 0.25) is 0 Å². The van der Waals surface area contributed by atoms with Gasteiger partial charge in [0.1, 0.15) is 0 Å². The summed E-state index contributed by atoms with van der Waals surface area (Å²) in [4.78, 5) is 30.6. The largest absolute Gasteiger partial charge is 0.416 e. The first-order valence-corrected chi connectivity index (χ1v) is 13.6. The average molecular weight is 575 g/mol. The van der Waals surface area contributed by atoms with Crippen molar-refractivity contribution in [3.8, 4) is 0 Å². The fourth-order valence-corrected chi connectivity index (χ4v) is 5.66. The fourth-order valence-electron chi connectivity index (χ4n) is 5.42. The number of carbonyl (C=O) groups excluding carboxylic acids is 2. The van der Waals surface area contributed by atoms with Crippen molar-refractivity contribution in [3.05, 3.63) is 101 Å². The standard InChI is InChI=1S/C31H25F3N4O2S/c32-31(33,34)20-8-12-22(13-9-20)36-30(41)35-21-10-6-19(7-11-21)18-38-28(39)24-5-3-4-23-26(37-16-1-2-17-37)15-14-25(27(23)24)29(38)40/h3-15H,1-2,16-18H2,(H2,35,36,41). The molecule has 208 valence electrons. The van der Waals surface area contributed by atoms with E-state index >= 15 is 0 Å². The smallest absolute Gasteiger partial charge is 0.371 e. The Morgan fingerprint density at radius 3 is 1.98 bits per heavy atom. The van der Waals surface area contributed by atoms with Crippen LogP contribution in [0.5, 0.6) is 0 Å². The summed E-state index contributed by atoms with van der Waals surface area (Å²) >= 11 is 5.29. The minimum atomic E-state index is -4.41. The van der Waals surface area contributed by atoms with Crippen LogP contribution in [0, 0.1) is 0 Å². The zero-order chi connectivity index (χ0) is 28.7. The van der Waals surface area contributed by atoms with E-state index in [1.54, 1.807) is 30.3 Å². The number of thiocarbonyl (C=S) groups is 1. The highest BCUT2D eigenvalue weighted by Crippen LogP contribution is 2.37. The van der Waals surface area contributed by atoms with Crippen LogP contribution in [-0.4, -0.2) is 34.9 Å². The van der Waals surface area contributed by atoms with Crippen LogP contribution >= 0.6 is 12.2 Å². The average Bonchev–Trinajstić information content (AvgIpc) is 3.49. The molecule has 10 heteroatoms. The van der Waals surface area contributed by atoms with Crippen molar-refractivity contribution in [2.75, 3.05) is 28.6 Å². The van der Waals surface area contributed by atoms with E-state index in [-0.39, 0.29) is 23.5 Å². The molecule has 0 aromatic heterocycles. The molecule has 0 bridgehead atoms. The molecule has 41 heavy (non-hydrogen) atoms. The quantitative estimate of drug-likeness (QED) is 0.197. The van der Waals surface area contributed by atoms with Crippen LogP contribution in [0.25, 0.3) is 10.8 Å². The van der Waals surface area contributed by atoms with Gasteiger partial charge in [-0.05, 0) is 85.2 Å². The number of amides is 2. The minimum Gasteiger partial charge on any atom is -0.371 e. The Kier molecular flexibility index (Phi) is 6.86. The molecule has 0 saturated carbocycles. The summed E-state index contributed by atoms with van der Waals surface area (Å²) < 4.78 is 38.3. The van der Waals surface area contributed by atoms with Gasteiger partial charge in [0.25, 0.3) is 11.8 Å². The first kappa shape index (κ1) is 26.8. The van der Waals surface area contributed by atoms with Crippen molar-refractivity contribution in [2.45, 2.75) is 25.6 Å². The SMILES string of the molecule is O=C1c2cccc3c(N4CCCC4)ccc(c23)C(=O)N1Cc1ccc(NC(=S)Nc2ccc(C(F)(F)F)cc2)cc1. The summed E-state index contributed by atoms with van der Waals surface area (Å²) in [6.07, 6.45) is -2.15. The number of rotatable bonds is 5. The predicted octanol–water partition coefficient (Wildman–Crippen LogP) is 7.06. The molecular formula is C31H25F3N4O2S. The number of anilines is 3. The summed E-state index contributed by atoms with van der Waals surface area (Å²) in [6, 6.07) is 21.1. The maximum absolute atomic E-state index is 13.5. The molecule has 4 aromatic rings. The minimum absolute atomic E-state index is 0.107. The second kappa shape index (κ2) is 10.5. The number of hydrogen-bond acceptors (Lipinski definition) is 4. The molecule has 0 spiro atoms. The Morgan fingerprint density at radius 1 is 0.780 bits per heavy atom. The van der Waals surface area contributed by atoms with Gasteiger partial charge in [0.05, 0.1) is 12.1 Å². The Balaban J connectivity index is 1.15. The van der Waals surface area contributed by atoms with Crippen molar-refractivity contribution in [1.29, 1.82) is 0 Å². The van der Waals surface area contributed by atoms with Crippen molar-refractivity contribution in [2.24, 2.45) is 0 Å². The van der Waals surface area contributed by atoms with E-state index in [1.807, 2.05) is 24.3 Å². The zero-order valence-corrected chi connectivity index (χ0v) is 22.6. The Bertz CT molecular complexity index is 1640. The molecule has 2 heterocycles. The van der Waals surface area contributed by atoms with E-state index in [9.17, 15) is 22.8 Å². The first-order valence-electron chi connectivity index (χ1n) is 13.2. The van der Waals surface area contributed by atoms with E-state index in [0.717, 1.165) is 60.1 Å². The first-order chi connectivity index (χ1) is 19.7. The molecule has 2 aliphatic rings. The van der Waals surface area contributed by atoms with Gasteiger partial charge >= 0.3 is 6.18 Å². The highest BCUT2D eigenvalue weighted by atomic mass is 32.1. The van der Waals surface area contributed by atoms with Crippen LogP contribution in [0.3, 0.4) is 0 Å². The van der Waals surface area contributed by atoms with E-state index in [0.29, 0.717) is 22.5 Å². The number of imide groups is 1. The van der Waals surface area contributed by atoms with E-state index in [2.05, 4.69) is 15.5 Å². The highest BCUT2D eigenvalue weighted by Gasteiger charge is 2.34. The fraction of sp³-hybridized carbons (Fsp3) is 0.194. The third kappa shape index (κ3) is 5.22. The van der Waals surface area contributed by atoms with Crippen molar-refractivity contribution < 1.29 is 22.8 Å². The second-order valence-electron chi connectivity index (χ2n) is 10.1. The lowest BCUT2D eigenvalue weighted by Gasteiger charge is -2.29. The second-order valence-corrected chi connectivity index (χ2v) is 10.5. The lowest BCUT2D eigenvalue weighted by Crippen LogP contribution is -2.39. The van der Waals surface area contributed by atoms with Crippen LogP contribution in [0.15, 0.2) is 78.9 Å². The molecule has 4 aromatic carbocycles. The normalized spacial score (nSPS) is 15.0. The molecule has 0 aliphatic carbocycles. The molecule has 1 saturated heterocycles. The Hall–Kier alpha value is -4.44. The van der Waals surface area contributed by atoms with Crippen molar-refractivity contribution >= 4 is 57.0 Å². The van der Waals surface area contributed by atoms with Crippen LogP contribution in [0.1, 0.15) is 44.7 Å². The number of nitrogens with one attached hydrogen (secondary N) is 2. The Morgan fingerprint density at radius 2 is 1.37 bits per heavy atom. The topological polar surface area (TPSA) is 64.7 Å². The summed E-state index contributed by atoms with van der Waals surface area (Å²) in [5.74, 6) is -0.647. The molecule has 6 rings (SSSR count). The van der Waals surface area contributed by atoms with E-state index in [4.69, 9.17) is 12.2 Å². The van der Waals surface area contributed by atoms with E-state index in [1.165, 1.54) is 17.0 Å². The molecule has 1 fully saturated rings. The molecule has 2 N–H and O–H groups in total. The van der Waals surface area contributed by atoms with Gasteiger partial charge in [0.15, 0.2) is 5.11 Å². The molecule has 2 aliphatic heterocycles. The monoisotopic (exact) mass is 574 g/mol. The third-order valence-electron chi connectivity index (χ3n) is 7.44. The predicted molar refractivity (Wildman–Crippen MR) is 157 cm³/mol. The van der Waals surface area contributed by atoms with Gasteiger partial charge in [-0.15, -0.1) is 0 Å². The molecule has 0 unspecified atom stereocenters. The maximum Gasteiger partial charge on any atom is 0.416 e. The summed E-state index contributed by atoms with van der Waals surface area (Å²) in [6.45, 7) is 2.04. The molecule has 2 amide bonds. The summed E-state index contributed by atoms with van der Waals surface area (Å²) in [7, 11) is 0. The van der Waals surface area contributed by atoms with Crippen molar-refractivity contribution in [3.63, 3.8) is 0 Å². The Labute approximate surface area is 239 Å². The summed E-state index contributed by atoms with van der Waals surface area (Å²) in [5.41, 5.74) is 3.17. The number of benzene rings is 4. The maximum atomic E-state index is 13.5. The van der Waals surface area contributed by atoms with E-state index < -0.39 is 11.7 Å². The van der Waals surface area contributed by atoms with Crippen LogP contribution < -0.4 is 15.5 Å². The van der Waals surface area contributed by atoms with Gasteiger partial charge in [-0.1, -0.05) is 24.3 Å². The van der Waals surface area contributed by atoms with Gasteiger partial charge in [0, 0.05) is 52.1 Å². The van der Waals surface area contributed by atoms with Gasteiger partial charge in [-0.2, -0.15) is 13.2 Å². The van der Waals surface area contributed by atoms with Crippen LogP contribution in [0.4, 0.5) is 30.2 Å². The van der Waals surface area contributed by atoms with Crippen LogP contribution in [-0.2, 0) is 12.7 Å². The molecule has 6 nitrogen and oxygen atoms in total. The summed E-state index contributed by atoms with van der Waals surface area (Å²) in [5, 5.41) is 7.69. The number of hydrogen-bond donors (Lipinski definition) is 2. The number of alkyl halides is 3. The molecular weight excluding hydrogens is 549 g/mol. The molecule has 0 radical (unpaired) electrons. The van der Waals surface area contributed by atoms with Crippen molar-refractivity contribution in [1.82, 2.24) is 4.90 Å². The number of halogens is 3. The van der Waals surface area contributed by atoms with Crippen LogP contribution in [0.2, 0.25) is 0 Å². The number of carbonyl (C=O) groups is 2. The lowest BCUT2D eigenvalue weighted by atomic mass is 9.92. The molecule has 0 atom stereocenters. The third-order valence-corrected chi connectivity index (χ3v) is 7.64. The van der Waals surface area contributed by atoms with Gasteiger partial charge in [-0.3, -0.25) is 14.5 Å². The highest BCUT2D eigenvalue weighted by molar-refractivity contribution is 7.80. The zero-order valence-electron chi connectivity index (χ0n) is 21.8. The van der Waals surface area contributed by atoms with Gasteiger partial charge in [-0.25, -0.2) is 0 Å². The lowest BCUT2D eigenvalue weighted by molar-refractivity contribution is -0.137. The van der Waals surface area contributed by atoms with Gasteiger partial charge < -0.3 is 15.5 Å².